The van der Waals surface area contributed by atoms with Crippen LogP contribution < -0.4 is 20.1 Å². The Morgan fingerprint density at radius 2 is 2.06 bits per heavy atom. The van der Waals surface area contributed by atoms with Gasteiger partial charge in [-0.2, -0.15) is 0 Å². The SMILES string of the molecule is C[C@@]1(OC(=O)C(N)=O)CN(c2ccncc2F)CCN1Cc1cccc2c1OCCO2. The molecule has 2 aliphatic heterocycles. The minimum absolute atomic E-state index is 0.124. The van der Waals surface area contributed by atoms with Gasteiger partial charge in [-0.1, -0.05) is 12.1 Å². The molecule has 4 rings (SSSR count). The first-order chi connectivity index (χ1) is 14.9. The Morgan fingerprint density at radius 3 is 2.84 bits per heavy atom. The van der Waals surface area contributed by atoms with E-state index < -0.39 is 23.4 Å². The van der Waals surface area contributed by atoms with Gasteiger partial charge >= 0.3 is 11.9 Å². The second kappa shape index (κ2) is 8.38. The molecule has 0 spiro atoms. The van der Waals surface area contributed by atoms with Gasteiger partial charge in [0, 0.05) is 31.4 Å². The average Bonchev–Trinajstić information content (AvgIpc) is 2.75. The van der Waals surface area contributed by atoms with Crippen molar-refractivity contribution in [1.29, 1.82) is 0 Å². The normalized spacial score (nSPS) is 20.9. The average molecular weight is 430 g/mol. The van der Waals surface area contributed by atoms with E-state index in [1.165, 1.54) is 6.20 Å². The Kier molecular flexibility index (Phi) is 5.64. The molecule has 2 N–H and O–H groups in total. The highest BCUT2D eigenvalue weighted by Crippen LogP contribution is 2.36. The van der Waals surface area contributed by atoms with Crippen LogP contribution >= 0.6 is 0 Å². The fourth-order valence-corrected chi connectivity index (χ4v) is 3.90. The number of halogens is 1. The monoisotopic (exact) mass is 430 g/mol. The zero-order valence-corrected chi connectivity index (χ0v) is 17.0. The summed E-state index contributed by atoms with van der Waals surface area (Å²) >= 11 is 0. The van der Waals surface area contributed by atoms with E-state index in [1.807, 2.05) is 23.1 Å². The van der Waals surface area contributed by atoms with E-state index in [2.05, 4.69) is 4.98 Å². The van der Waals surface area contributed by atoms with E-state index >= 15 is 0 Å². The predicted molar refractivity (Wildman–Crippen MR) is 108 cm³/mol. The molecule has 1 saturated heterocycles. The van der Waals surface area contributed by atoms with Crippen LogP contribution in [0.3, 0.4) is 0 Å². The van der Waals surface area contributed by atoms with E-state index in [9.17, 15) is 14.0 Å². The van der Waals surface area contributed by atoms with Crippen molar-refractivity contribution >= 4 is 17.6 Å². The van der Waals surface area contributed by atoms with Crippen molar-refractivity contribution in [2.45, 2.75) is 19.2 Å². The number of hydrogen-bond donors (Lipinski definition) is 1. The number of piperazine rings is 1. The number of anilines is 1. The predicted octanol–water partition coefficient (Wildman–Crippen LogP) is 1.06. The van der Waals surface area contributed by atoms with Crippen LogP contribution in [0.1, 0.15) is 12.5 Å². The number of nitrogens with two attached hydrogens (primary N) is 1. The van der Waals surface area contributed by atoms with Gasteiger partial charge in [-0.15, -0.1) is 0 Å². The van der Waals surface area contributed by atoms with Crippen LogP contribution in [0.4, 0.5) is 10.1 Å². The quantitative estimate of drug-likeness (QED) is 0.567. The fraction of sp³-hybridized carbons (Fsp3) is 0.381. The van der Waals surface area contributed by atoms with Gasteiger partial charge in [0.1, 0.15) is 13.2 Å². The van der Waals surface area contributed by atoms with Crippen LogP contribution in [0, 0.1) is 5.82 Å². The number of para-hydroxylation sites is 1. The van der Waals surface area contributed by atoms with Gasteiger partial charge in [-0.3, -0.25) is 14.7 Å². The standard InChI is InChI=1S/C21H23FN4O5/c1-21(31-20(28)19(23)27)13-25(16-5-6-24-11-15(16)22)7-8-26(21)12-14-3-2-4-17-18(14)30-10-9-29-17/h2-6,11H,7-10,12-13H2,1H3,(H2,23,27)/t21-/m1/s1. The van der Waals surface area contributed by atoms with Crippen LogP contribution in [0.2, 0.25) is 0 Å². The Morgan fingerprint density at radius 1 is 1.26 bits per heavy atom. The maximum atomic E-state index is 14.3. The molecule has 9 nitrogen and oxygen atoms in total. The van der Waals surface area contributed by atoms with Gasteiger partial charge in [0.2, 0.25) is 0 Å². The van der Waals surface area contributed by atoms with Crippen LogP contribution in [0.5, 0.6) is 11.5 Å². The van der Waals surface area contributed by atoms with Crippen LogP contribution in [-0.2, 0) is 20.9 Å². The number of carbonyl (C=O) groups is 2. The molecule has 0 unspecified atom stereocenters. The van der Waals surface area contributed by atoms with E-state index in [-0.39, 0.29) is 6.54 Å². The molecule has 0 aliphatic carbocycles. The fourth-order valence-electron chi connectivity index (χ4n) is 3.90. The van der Waals surface area contributed by atoms with Crippen LogP contribution in [0.15, 0.2) is 36.7 Å². The summed E-state index contributed by atoms with van der Waals surface area (Å²) in [5.74, 6) is -1.54. The molecular weight excluding hydrogens is 407 g/mol. The number of ether oxygens (including phenoxy) is 3. The lowest BCUT2D eigenvalue weighted by atomic mass is 10.1. The largest absolute Gasteiger partial charge is 0.486 e. The number of rotatable bonds is 4. The minimum Gasteiger partial charge on any atom is -0.486 e. The number of carbonyl (C=O) groups excluding carboxylic acids is 2. The zero-order valence-electron chi connectivity index (χ0n) is 17.0. The maximum Gasteiger partial charge on any atom is 0.398 e. The molecule has 2 aliphatic rings. The van der Waals surface area contributed by atoms with Crippen molar-refractivity contribution < 1.29 is 28.2 Å². The highest BCUT2D eigenvalue weighted by molar-refractivity contribution is 6.31. The Balaban J connectivity index is 1.63. The summed E-state index contributed by atoms with van der Waals surface area (Å²) in [4.78, 5) is 30.9. The molecule has 1 atom stereocenters. The summed E-state index contributed by atoms with van der Waals surface area (Å²) in [5, 5.41) is 0. The van der Waals surface area contributed by atoms with Crippen molar-refractivity contribution in [3.8, 4) is 11.5 Å². The maximum absolute atomic E-state index is 14.3. The lowest BCUT2D eigenvalue weighted by Crippen LogP contribution is -2.63. The first kappa shape index (κ1) is 20.9. The highest BCUT2D eigenvalue weighted by atomic mass is 19.1. The third kappa shape index (κ3) is 4.24. The summed E-state index contributed by atoms with van der Waals surface area (Å²) < 4.78 is 31.3. The smallest absolute Gasteiger partial charge is 0.398 e. The molecule has 1 amide bonds. The first-order valence-electron chi connectivity index (χ1n) is 9.87. The summed E-state index contributed by atoms with van der Waals surface area (Å²) in [7, 11) is 0. The molecular formula is C21H23FN4O5. The third-order valence-electron chi connectivity index (χ3n) is 5.41. The van der Waals surface area contributed by atoms with E-state index in [0.29, 0.717) is 50.0 Å². The van der Waals surface area contributed by atoms with Gasteiger partial charge in [-0.25, -0.2) is 9.18 Å². The molecule has 1 aromatic heterocycles. The van der Waals surface area contributed by atoms with Gasteiger partial charge in [0.05, 0.1) is 18.4 Å². The number of benzene rings is 1. The van der Waals surface area contributed by atoms with Crippen molar-refractivity contribution in [1.82, 2.24) is 9.88 Å². The molecule has 0 saturated carbocycles. The first-order valence-corrected chi connectivity index (χ1v) is 9.87. The third-order valence-corrected chi connectivity index (χ3v) is 5.41. The summed E-state index contributed by atoms with van der Waals surface area (Å²) in [6.45, 7) is 3.96. The zero-order chi connectivity index (χ0) is 22.0. The molecule has 31 heavy (non-hydrogen) atoms. The van der Waals surface area contributed by atoms with Crippen molar-refractivity contribution in [3.63, 3.8) is 0 Å². The number of aromatic nitrogens is 1. The molecule has 1 aromatic carbocycles. The molecule has 10 heteroatoms. The Labute approximate surface area is 178 Å². The topological polar surface area (TPSA) is 107 Å². The highest BCUT2D eigenvalue weighted by Gasteiger charge is 2.43. The molecule has 2 aromatic rings. The lowest BCUT2D eigenvalue weighted by molar-refractivity contribution is -0.186. The van der Waals surface area contributed by atoms with Gasteiger partial charge in [-0.05, 0) is 19.1 Å². The Bertz CT molecular complexity index is 1000. The number of nitrogens with zero attached hydrogens (tertiary/aromatic N) is 3. The molecule has 0 radical (unpaired) electrons. The van der Waals surface area contributed by atoms with E-state index in [1.54, 1.807) is 17.9 Å². The number of amides is 1. The molecule has 3 heterocycles. The Hall–Kier alpha value is -3.40. The summed E-state index contributed by atoms with van der Waals surface area (Å²) in [5.41, 5.74) is 5.06. The second-order valence-electron chi connectivity index (χ2n) is 7.54. The van der Waals surface area contributed by atoms with Crippen molar-refractivity contribution in [3.05, 3.63) is 48.0 Å². The number of esters is 1. The van der Waals surface area contributed by atoms with Crippen molar-refractivity contribution in [2.75, 3.05) is 37.7 Å². The van der Waals surface area contributed by atoms with E-state index in [4.69, 9.17) is 19.9 Å². The number of hydrogen-bond acceptors (Lipinski definition) is 8. The lowest BCUT2D eigenvalue weighted by Gasteiger charge is -2.48. The minimum atomic E-state index is -1.25. The summed E-state index contributed by atoms with van der Waals surface area (Å²) in [6, 6.07) is 7.14. The van der Waals surface area contributed by atoms with Crippen molar-refractivity contribution in [2.24, 2.45) is 5.73 Å². The number of primary amides is 1. The number of pyridine rings is 1. The number of fused-ring (bicyclic) bond motifs is 1. The van der Waals surface area contributed by atoms with Gasteiger partial charge in [0.15, 0.2) is 23.0 Å². The summed E-state index contributed by atoms with van der Waals surface area (Å²) in [6.07, 6.45) is 2.62. The molecule has 164 valence electrons. The molecule has 1 fully saturated rings. The van der Waals surface area contributed by atoms with Gasteiger partial charge in [0.25, 0.3) is 0 Å². The van der Waals surface area contributed by atoms with Crippen LogP contribution in [-0.4, -0.2) is 60.3 Å². The molecule has 0 bridgehead atoms. The van der Waals surface area contributed by atoms with E-state index in [0.717, 1.165) is 11.8 Å². The second-order valence-corrected chi connectivity index (χ2v) is 7.54. The van der Waals surface area contributed by atoms with Gasteiger partial charge < -0.3 is 24.8 Å². The van der Waals surface area contributed by atoms with Crippen LogP contribution in [0.25, 0.3) is 0 Å².